The number of amides is 1. The number of halogens is 2. The number of allylic oxidation sites excluding steroid dienone is 1. The zero-order valence-electron chi connectivity index (χ0n) is 11.4. The predicted molar refractivity (Wildman–Crippen MR) is 82.2 cm³/mol. The lowest BCUT2D eigenvalue weighted by Crippen LogP contribution is -2.16. The number of carbonyl (C=O) groups excluding carboxylic acids is 1. The van der Waals surface area contributed by atoms with Crippen LogP contribution in [0.4, 0.5) is 5.13 Å². The number of rotatable bonds is 4. The van der Waals surface area contributed by atoms with Crippen LogP contribution in [-0.2, 0) is 14.6 Å². The molecule has 2 rings (SSSR count). The monoisotopic (exact) mass is 369 g/mol. The van der Waals surface area contributed by atoms with Gasteiger partial charge in [-0.05, 0) is 17.4 Å². The number of aromatic nitrogens is 2. The average Bonchev–Trinajstić information content (AvgIpc) is 2.70. The van der Waals surface area contributed by atoms with Crippen molar-refractivity contribution in [3.05, 3.63) is 10.6 Å². The lowest BCUT2D eigenvalue weighted by molar-refractivity contribution is -0.118. The minimum atomic E-state index is -3.42. The van der Waals surface area contributed by atoms with Crippen LogP contribution in [0.15, 0.2) is 14.9 Å². The van der Waals surface area contributed by atoms with Gasteiger partial charge in [0, 0.05) is 6.26 Å². The topological polar surface area (TPSA) is 89.0 Å². The maximum atomic E-state index is 12.2. The third-order valence-electron chi connectivity index (χ3n) is 3.45. The summed E-state index contributed by atoms with van der Waals surface area (Å²) < 4.78 is 22.6. The largest absolute Gasteiger partial charge is 0.300 e. The first-order chi connectivity index (χ1) is 9.53. The first kappa shape index (κ1) is 16.7. The molecule has 1 heterocycles. The van der Waals surface area contributed by atoms with E-state index in [1.54, 1.807) is 6.08 Å². The van der Waals surface area contributed by atoms with Gasteiger partial charge in [-0.25, -0.2) is 8.42 Å². The molecule has 21 heavy (non-hydrogen) atoms. The molecular formula is C11H13Cl2N3O3S2. The number of hydrogen-bond donors (Lipinski definition) is 1. The Bertz CT molecular complexity index is 708. The van der Waals surface area contributed by atoms with Crippen molar-refractivity contribution in [3.8, 4) is 0 Å². The Labute approximate surface area is 136 Å². The Morgan fingerprint density at radius 2 is 2.00 bits per heavy atom. The van der Waals surface area contributed by atoms with Gasteiger partial charge in [0.05, 0.1) is 5.92 Å². The van der Waals surface area contributed by atoms with Crippen LogP contribution in [0.3, 0.4) is 0 Å². The van der Waals surface area contributed by atoms with Crippen molar-refractivity contribution in [1.29, 1.82) is 0 Å². The summed E-state index contributed by atoms with van der Waals surface area (Å²) in [6.07, 6.45) is 2.67. The highest BCUT2D eigenvalue weighted by Gasteiger charge is 2.60. The highest BCUT2D eigenvalue weighted by atomic mass is 35.5. The van der Waals surface area contributed by atoms with E-state index in [0.717, 1.165) is 17.6 Å². The molecule has 1 fully saturated rings. The molecule has 0 radical (unpaired) electrons. The number of carbonyl (C=O) groups is 1. The van der Waals surface area contributed by atoms with E-state index in [9.17, 15) is 13.2 Å². The van der Waals surface area contributed by atoms with Gasteiger partial charge in [0.2, 0.25) is 25.2 Å². The second-order valence-corrected chi connectivity index (χ2v) is 9.59. The van der Waals surface area contributed by atoms with Crippen molar-refractivity contribution in [2.45, 2.75) is 18.2 Å². The first-order valence-corrected chi connectivity index (χ1v) is 9.37. The van der Waals surface area contributed by atoms with Crippen molar-refractivity contribution < 1.29 is 13.2 Å². The quantitative estimate of drug-likeness (QED) is 0.823. The van der Waals surface area contributed by atoms with Gasteiger partial charge in [-0.15, -0.1) is 10.2 Å². The summed E-state index contributed by atoms with van der Waals surface area (Å²) in [6, 6.07) is 0. The van der Waals surface area contributed by atoms with Crippen molar-refractivity contribution in [1.82, 2.24) is 10.2 Å². The summed E-state index contributed by atoms with van der Waals surface area (Å²) in [6.45, 7) is 3.86. The van der Waals surface area contributed by atoms with E-state index in [-0.39, 0.29) is 37.1 Å². The van der Waals surface area contributed by atoms with Gasteiger partial charge in [0.25, 0.3) is 0 Å². The Kier molecular flexibility index (Phi) is 4.36. The van der Waals surface area contributed by atoms with E-state index >= 15 is 0 Å². The number of nitrogens with zero attached hydrogens (tertiary/aromatic N) is 2. The standard InChI is InChI=1S/C11H13Cl2N3O3S2/c1-11(2)5(4-6(12)13)7(11)8(17)14-9-15-16-10(20-9)21(3,18)19/h4-5,7H,1-3H3,(H,14,15,17)/t5-,7-/m0/s1. The lowest BCUT2D eigenvalue weighted by atomic mass is 10.1. The van der Waals surface area contributed by atoms with Crippen molar-refractivity contribution >= 4 is 55.4 Å². The Morgan fingerprint density at radius 1 is 1.38 bits per heavy atom. The minimum Gasteiger partial charge on any atom is -0.300 e. The summed E-state index contributed by atoms with van der Waals surface area (Å²) in [5.41, 5.74) is -0.260. The Morgan fingerprint density at radius 3 is 2.48 bits per heavy atom. The maximum Gasteiger partial charge on any atom is 0.234 e. The molecule has 1 saturated carbocycles. The molecule has 0 aromatic carbocycles. The summed E-state index contributed by atoms with van der Waals surface area (Å²) >= 11 is 12.1. The minimum absolute atomic E-state index is 0.0650. The normalized spacial score (nSPS) is 23.5. The van der Waals surface area contributed by atoms with E-state index in [1.807, 2.05) is 13.8 Å². The van der Waals surface area contributed by atoms with Crippen LogP contribution >= 0.6 is 34.5 Å². The molecule has 6 nitrogen and oxygen atoms in total. The van der Waals surface area contributed by atoms with Crippen LogP contribution in [0.2, 0.25) is 0 Å². The fourth-order valence-electron chi connectivity index (χ4n) is 2.22. The highest BCUT2D eigenvalue weighted by Crippen LogP contribution is 2.60. The molecule has 1 N–H and O–H groups in total. The molecule has 0 unspecified atom stereocenters. The first-order valence-electron chi connectivity index (χ1n) is 5.90. The van der Waals surface area contributed by atoms with Crippen LogP contribution < -0.4 is 5.32 Å². The number of anilines is 1. The van der Waals surface area contributed by atoms with Crippen LogP contribution in [0.1, 0.15) is 13.8 Å². The fraction of sp³-hybridized carbons (Fsp3) is 0.545. The van der Waals surface area contributed by atoms with E-state index in [0.29, 0.717) is 0 Å². The number of nitrogens with one attached hydrogen (secondary N) is 1. The SMILES string of the molecule is CC1(C)[C@H](C(=O)Nc2nnc(S(C)(=O)=O)s2)[C@@H]1C=C(Cl)Cl. The summed E-state index contributed by atoms with van der Waals surface area (Å²) in [7, 11) is -3.42. The maximum absolute atomic E-state index is 12.2. The summed E-state index contributed by atoms with van der Waals surface area (Å²) in [5, 5.41) is 9.93. The zero-order chi connectivity index (χ0) is 16.0. The molecule has 1 aromatic heterocycles. The van der Waals surface area contributed by atoms with Crippen LogP contribution in [0.5, 0.6) is 0 Å². The van der Waals surface area contributed by atoms with Gasteiger partial charge in [-0.1, -0.05) is 48.4 Å². The molecular weight excluding hydrogens is 357 g/mol. The van der Waals surface area contributed by atoms with Gasteiger partial charge in [-0.3, -0.25) is 4.79 Å². The fourth-order valence-corrected chi connectivity index (χ4v) is 4.00. The van der Waals surface area contributed by atoms with Crippen LogP contribution in [0, 0.1) is 17.3 Å². The molecule has 10 heteroatoms. The van der Waals surface area contributed by atoms with Crippen molar-refractivity contribution in [3.63, 3.8) is 0 Å². The van der Waals surface area contributed by atoms with Gasteiger partial charge in [0.15, 0.2) is 0 Å². The Balaban J connectivity index is 2.10. The van der Waals surface area contributed by atoms with Crippen LogP contribution in [-0.4, -0.2) is 30.8 Å². The average molecular weight is 370 g/mol. The number of hydrogen-bond acceptors (Lipinski definition) is 6. The smallest absolute Gasteiger partial charge is 0.234 e. The lowest BCUT2D eigenvalue weighted by Gasteiger charge is -2.01. The van der Waals surface area contributed by atoms with Crippen molar-refractivity contribution in [2.75, 3.05) is 11.6 Å². The van der Waals surface area contributed by atoms with E-state index in [2.05, 4.69) is 15.5 Å². The molecule has 0 saturated heterocycles. The molecule has 0 spiro atoms. The molecule has 1 aliphatic rings. The highest BCUT2D eigenvalue weighted by molar-refractivity contribution is 7.92. The third kappa shape index (κ3) is 3.56. The van der Waals surface area contributed by atoms with Gasteiger partial charge >= 0.3 is 0 Å². The molecule has 116 valence electrons. The van der Waals surface area contributed by atoms with Crippen molar-refractivity contribution in [2.24, 2.45) is 17.3 Å². The summed E-state index contributed by atoms with van der Waals surface area (Å²) in [4.78, 5) is 12.2. The predicted octanol–water partition coefficient (Wildman–Crippen LogP) is 2.47. The van der Waals surface area contributed by atoms with Gasteiger partial charge in [-0.2, -0.15) is 0 Å². The van der Waals surface area contributed by atoms with Gasteiger partial charge < -0.3 is 5.32 Å². The molecule has 1 aromatic rings. The molecule has 1 amide bonds. The Hall–Kier alpha value is -0.700. The molecule has 0 aliphatic heterocycles. The van der Waals surface area contributed by atoms with E-state index in [4.69, 9.17) is 23.2 Å². The molecule has 0 bridgehead atoms. The summed E-state index contributed by atoms with van der Waals surface area (Å²) in [5.74, 6) is -0.618. The second-order valence-electron chi connectivity index (χ2n) is 5.42. The molecule has 2 atom stereocenters. The third-order valence-corrected chi connectivity index (χ3v) is 6.21. The van der Waals surface area contributed by atoms with Gasteiger partial charge in [0.1, 0.15) is 4.49 Å². The van der Waals surface area contributed by atoms with E-state index < -0.39 is 9.84 Å². The number of sulfone groups is 1. The second kappa shape index (κ2) is 5.49. The van der Waals surface area contributed by atoms with Crippen LogP contribution in [0.25, 0.3) is 0 Å². The molecule has 1 aliphatic carbocycles. The van der Waals surface area contributed by atoms with E-state index in [1.165, 1.54) is 0 Å². The zero-order valence-corrected chi connectivity index (χ0v) is 14.6.